The van der Waals surface area contributed by atoms with E-state index in [1.165, 1.54) is 0 Å². The quantitative estimate of drug-likeness (QED) is 0.836. The number of rotatable bonds is 5. The van der Waals surface area contributed by atoms with Crippen molar-refractivity contribution >= 4 is 5.97 Å². The van der Waals surface area contributed by atoms with Crippen LogP contribution in [0.4, 0.5) is 8.78 Å². The lowest BCUT2D eigenvalue weighted by atomic mass is 9.91. The molecule has 0 aromatic heterocycles. The molecular weight excluding hydrogens is 230 g/mol. The van der Waals surface area contributed by atoms with E-state index in [4.69, 9.17) is 5.11 Å². The molecule has 17 heavy (non-hydrogen) atoms. The highest BCUT2D eigenvalue weighted by atomic mass is 19.1. The molecule has 0 aliphatic rings. The van der Waals surface area contributed by atoms with Gasteiger partial charge in [-0.15, -0.1) is 0 Å². The minimum atomic E-state index is -1.46. The van der Waals surface area contributed by atoms with Crippen molar-refractivity contribution in [3.63, 3.8) is 0 Å². The van der Waals surface area contributed by atoms with E-state index in [0.717, 1.165) is 12.1 Å². The lowest BCUT2D eigenvalue weighted by Gasteiger charge is -2.19. The van der Waals surface area contributed by atoms with Gasteiger partial charge >= 0.3 is 5.97 Å². The molecule has 0 heterocycles. The molecule has 2 N–H and O–H groups in total. The molecule has 0 saturated carbocycles. The molecule has 94 valence electrons. The number of aliphatic hydroxyl groups excluding tert-OH is 1. The standard InChI is InChI=1S/C12H14F2O3/c1-2-3-9(12(16)17)11(15)8-5-4-7(13)6-10(8)14/h4-6,9,11,15H,2-3H2,1H3,(H,16,17). The van der Waals surface area contributed by atoms with Crippen molar-refractivity contribution < 1.29 is 23.8 Å². The first-order chi connectivity index (χ1) is 7.97. The van der Waals surface area contributed by atoms with E-state index >= 15 is 0 Å². The maximum Gasteiger partial charge on any atom is 0.309 e. The fourth-order valence-corrected chi connectivity index (χ4v) is 1.69. The smallest absolute Gasteiger partial charge is 0.309 e. The third-order valence-corrected chi connectivity index (χ3v) is 2.58. The van der Waals surface area contributed by atoms with Crippen molar-refractivity contribution in [1.29, 1.82) is 0 Å². The van der Waals surface area contributed by atoms with E-state index in [0.29, 0.717) is 12.5 Å². The molecule has 0 fully saturated rings. The molecule has 1 rings (SSSR count). The number of hydrogen-bond donors (Lipinski definition) is 2. The summed E-state index contributed by atoms with van der Waals surface area (Å²) in [6.07, 6.45) is -0.683. The second-order valence-corrected chi connectivity index (χ2v) is 3.84. The summed E-state index contributed by atoms with van der Waals surface area (Å²) in [5.74, 6) is -3.97. The highest BCUT2D eigenvalue weighted by molar-refractivity contribution is 5.71. The van der Waals surface area contributed by atoms with Crippen LogP contribution in [0.2, 0.25) is 0 Å². The number of benzene rings is 1. The van der Waals surface area contributed by atoms with Crippen LogP contribution in [-0.4, -0.2) is 16.2 Å². The summed E-state index contributed by atoms with van der Waals surface area (Å²) in [5, 5.41) is 18.7. The highest BCUT2D eigenvalue weighted by Crippen LogP contribution is 2.28. The SMILES string of the molecule is CCCC(C(=O)O)C(O)c1ccc(F)cc1F. The average molecular weight is 244 g/mol. The van der Waals surface area contributed by atoms with Gasteiger partial charge in [0.15, 0.2) is 0 Å². The van der Waals surface area contributed by atoms with E-state index in [1.54, 1.807) is 6.92 Å². The number of hydrogen-bond acceptors (Lipinski definition) is 2. The second-order valence-electron chi connectivity index (χ2n) is 3.84. The monoisotopic (exact) mass is 244 g/mol. The Balaban J connectivity index is 3.00. The van der Waals surface area contributed by atoms with E-state index in [1.807, 2.05) is 0 Å². The summed E-state index contributed by atoms with van der Waals surface area (Å²) in [5.41, 5.74) is -0.188. The summed E-state index contributed by atoms with van der Waals surface area (Å²) >= 11 is 0. The van der Waals surface area contributed by atoms with Gasteiger partial charge in [0, 0.05) is 11.6 Å². The summed E-state index contributed by atoms with van der Waals surface area (Å²) in [6, 6.07) is 2.69. The van der Waals surface area contributed by atoms with Gasteiger partial charge in [0.05, 0.1) is 12.0 Å². The van der Waals surface area contributed by atoms with Gasteiger partial charge in [0.25, 0.3) is 0 Å². The van der Waals surface area contributed by atoms with Crippen molar-refractivity contribution in [2.45, 2.75) is 25.9 Å². The Labute approximate surface area is 97.7 Å². The van der Waals surface area contributed by atoms with E-state index < -0.39 is 29.6 Å². The minimum absolute atomic E-state index is 0.188. The molecule has 0 saturated heterocycles. The summed E-state index contributed by atoms with van der Waals surface area (Å²) in [6.45, 7) is 1.77. The predicted molar refractivity (Wildman–Crippen MR) is 57.4 cm³/mol. The van der Waals surface area contributed by atoms with Gasteiger partial charge in [-0.3, -0.25) is 4.79 Å². The van der Waals surface area contributed by atoms with Crippen LogP contribution in [0.5, 0.6) is 0 Å². The maximum absolute atomic E-state index is 13.4. The molecule has 2 unspecified atom stereocenters. The molecule has 0 aliphatic carbocycles. The minimum Gasteiger partial charge on any atom is -0.481 e. The predicted octanol–water partition coefficient (Wildman–Crippen LogP) is 2.50. The number of aliphatic carboxylic acids is 1. The van der Waals surface area contributed by atoms with E-state index in [2.05, 4.69) is 0 Å². The zero-order valence-electron chi connectivity index (χ0n) is 9.36. The molecule has 0 amide bonds. The zero-order chi connectivity index (χ0) is 13.0. The Morgan fingerprint density at radius 1 is 1.41 bits per heavy atom. The van der Waals surface area contributed by atoms with Crippen LogP contribution >= 0.6 is 0 Å². The topological polar surface area (TPSA) is 57.5 Å². The van der Waals surface area contributed by atoms with Crippen LogP contribution in [0.25, 0.3) is 0 Å². The molecule has 0 spiro atoms. The molecular formula is C12H14F2O3. The summed E-state index contributed by atoms with van der Waals surface area (Å²) < 4.78 is 26.1. The number of carbonyl (C=O) groups is 1. The lowest BCUT2D eigenvalue weighted by molar-refractivity contribution is -0.146. The van der Waals surface area contributed by atoms with Gasteiger partial charge < -0.3 is 10.2 Å². The molecule has 2 atom stereocenters. The second kappa shape index (κ2) is 5.72. The normalized spacial score (nSPS) is 14.4. The van der Waals surface area contributed by atoms with Crippen molar-refractivity contribution in [3.8, 4) is 0 Å². The Morgan fingerprint density at radius 2 is 2.06 bits per heavy atom. The van der Waals surface area contributed by atoms with Crippen LogP contribution in [-0.2, 0) is 4.79 Å². The number of carboxylic acids is 1. The largest absolute Gasteiger partial charge is 0.481 e. The molecule has 1 aromatic carbocycles. The van der Waals surface area contributed by atoms with Gasteiger partial charge in [0.1, 0.15) is 11.6 Å². The van der Waals surface area contributed by atoms with Gasteiger partial charge in [-0.1, -0.05) is 19.4 Å². The number of aliphatic hydroxyl groups is 1. The Kier molecular flexibility index (Phi) is 4.57. The molecule has 0 aliphatic heterocycles. The molecule has 0 bridgehead atoms. The van der Waals surface area contributed by atoms with E-state index in [9.17, 15) is 18.7 Å². The Morgan fingerprint density at radius 3 is 2.53 bits per heavy atom. The fraction of sp³-hybridized carbons (Fsp3) is 0.417. The number of halogens is 2. The van der Waals surface area contributed by atoms with Crippen molar-refractivity contribution in [2.24, 2.45) is 5.92 Å². The van der Waals surface area contributed by atoms with Gasteiger partial charge in [-0.25, -0.2) is 8.78 Å². The van der Waals surface area contributed by atoms with Gasteiger partial charge in [-0.2, -0.15) is 0 Å². The summed E-state index contributed by atoms with van der Waals surface area (Å²) in [4.78, 5) is 10.9. The molecule has 1 aromatic rings. The third-order valence-electron chi connectivity index (χ3n) is 2.58. The Hall–Kier alpha value is -1.49. The van der Waals surface area contributed by atoms with E-state index in [-0.39, 0.29) is 12.0 Å². The first kappa shape index (κ1) is 13.6. The molecule has 0 radical (unpaired) electrons. The highest BCUT2D eigenvalue weighted by Gasteiger charge is 2.28. The fourth-order valence-electron chi connectivity index (χ4n) is 1.69. The summed E-state index contributed by atoms with van der Waals surface area (Å²) in [7, 11) is 0. The van der Waals surface area contributed by atoms with Crippen molar-refractivity contribution in [2.75, 3.05) is 0 Å². The van der Waals surface area contributed by atoms with Crippen LogP contribution in [0, 0.1) is 17.6 Å². The average Bonchev–Trinajstić information content (AvgIpc) is 2.24. The van der Waals surface area contributed by atoms with Gasteiger partial charge in [-0.05, 0) is 12.5 Å². The first-order valence-corrected chi connectivity index (χ1v) is 5.33. The van der Waals surface area contributed by atoms with Crippen LogP contribution in [0.3, 0.4) is 0 Å². The van der Waals surface area contributed by atoms with Crippen LogP contribution < -0.4 is 0 Å². The molecule has 3 nitrogen and oxygen atoms in total. The van der Waals surface area contributed by atoms with Crippen molar-refractivity contribution in [1.82, 2.24) is 0 Å². The van der Waals surface area contributed by atoms with Crippen LogP contribution in [0.15, 0.2) is 18.2 Å². The third kappa shape index (κ3) is 3.23. The van der Waals surface area contributed by atoms with Gasteiger partial charge in [0.2, 0.25) is 0 Å². The Bertz CT molecular complexity index is 407. The van der Waals surface area contributed by atoms with Crippen molar-refractivity contribution in [3.05, 3.63) is 35.4 Å². The maximum atomic E-state index is 13.4. The molecule has 5 heteroatoms. The lowest BCUT2D eigenvalue weighted by Crippen LogP contribution is -2.22. The zero-order valence-corrected chi connectivity index (χ0v) is 9.36. The number of carboxylic acid groups (broad SMARTS) is 1. The van der Waals surface area contributed by atoms with Crippen LogP contribution in [0.1, 0.15) is 31.4 Å². The first-order valence-electron chi connectivity index (χ1n) is 5.33.